The van der Waals surface area contributed by atoms with Gasteiger partial charge >= 0.3 is 0 Å². The lowest BCUT2D eigenvalue weighted by Crippen LogP contribution is -2.48. The molecule has 172 valence electrons. The van der Waals surface area contributed by atoms with E-state index >= 15 is 0 Å². The number of benzene rings is 2. The van der Waals surface area contributed by atoms with E-state index < -0.39 is 0 Å². The lowest BCUT2D eigenvalue weighted by atomic mass is 9.90. The Morgan fingerprint density at radius 2 is 1.68 bits per heavy atom. The second-order valence-corrected chi connectivity index (χ2v) is 9.39. The van der Waals surface area contributed by atoms with Crippen molar-refractivity contribution in [1.29, 1.82) is 5.26 Å². The highest BCUT2D eigenvalue weighted by Crippen LogP contribution is 2.33. The van der Waals surface area contributed by atoms with Crippen molar-refractivity contribution >= 4 is 11.8 Å². The zero-order chi connectivity index (χ0) is 24.0. The van der Waals surface area contributed by atoms with E-state index in [2.05, 4.69) is 11.1 Å². The minimum absolute atomic E-state index is 0.0238. The average molecular weight is 454 g/mol. The maximum Gasteiger partial charge on any atom is 0.253 e. The number of amides is 2. The maximum atomic E-state index is 13.2. The van der Waals surface area contributed by atoms with Crippen LogP contribution < -0.4 is 0 Å². The Kier molecular flexibility index (Phi) is 5.45. The van der Waals surface area contributed by atoms with E-state index in [4.69, 9.17) is 10.2 Å². The molecule has 2 aliphatic heterocycles. The fourth-order valence-corrected chi connectivity index (χ4v) is 4.73. The van der Waals surface area contributed by atoms with Crippen LogP contribution in [0.3, 0.4) is 0 Å². The Morgan fingerprint density at radius 1 is 1.00 bits per heavy atom. The molecular formula is C27H27N5O2. The molecule has 1 aromatic heterocycles. The highest BCUT2D eigenvalue weighted by molar-refractivity contribution is 5.96. The molecule has 0 spiro atoms. The number of carbonyl (C=O) groups excluding carboxylic acids is 2. The number of likely N-dealkylation sites (tertiary alicyclic amines) is 2. The first-order valence-electron chi connectivity index (χ1n) is 11.6. The van der Waals surface area contributed by atoms with Crippen molar-refractivity contribution in [2.45, 2.75) is 32.6 Å². The van der Waals surface area contributed by atoms with E-state index in [1.165, 1.54) is 0 Å². The first kappa shape index (κ1) is 21.9. The number of nitrogens with zero attached hydrogens (tertiary/aromatic N) is 4. The van der Waals surface area contributed by atoms with Gasteiger partial charge in [0.1, 0.15) is 5.82 Å². The zero-order valence-electron chi connectivity index (χ0n) is 19.6. The minimum Gasteiger partial charge on any atom is -0.345 e. The van der Waals surface area contributed by atoms with Crippen molar-refractivity contribution in [2.24, 2.45) is 0 Å². The summed E-state index contributed by atoms with van der Waals surface area (Å²) in [5, 5.41) is 8.97. The summed E-state index contributed by atoms with van der Waals surface area (Å²) in [6, 6.07) is 15.6. The summed E-state index contributed by atoms with van der Waals surface area (Å²) in [7, 11) is 0. The van der Waals surface area contributed by atoms with Crippen molar-refractivity contribution in [3.8, 4) is 17.3 Å². The monoisotopic (exact) mass is 453 g/mol. The van der Waals surface area contributed by atoms with Crippen LogP contribution in [0.25, 0.3) is 11.3 Å². The fourth-order valence-electron chi connectivity index (χ4n) is 4.73. The number of carbonyl (C=O) groups is 2. The van der Waals surface area contributed by atoms with Crippen molar-refractivity contribution in [3.63, 3.8) is 0 Å². The van der Waals surface area contributed by atoms with Gasteiger partial charge in [-0.25, -0.2) is 4.98 Å². The van der Waals surface area contributed by atoms with Gasteiger partial charge in [-0.1, -0.05) is 18.2 Å². The van der Waals surface area contributed by atoms with Crippen LogP contribution in [0, 0.1) is 25.2 Å². The molecule has 0 bridgehead atoms. The van der Waals surface area contributed by atoms with Gasteiger partial charge in [-0.15, -0.1) is 0 Å². The molecule has 2 saturated heterocycles. The molecule has 0 atom stereocenters. The third kappa shape index (κ3) is 3.86. The number of rotatable bonds is 4. The maximum absolute atomic E-state index is 13.2. The van der Waals surface area contributed by atoms with Crippen LogP contribution in [-0.4, -0.2) is 57.8 Å². The second kappa shape index (κ2) is 8.45. The lowest BCUT2D eigenvalue weighted by Gasteiger charge is -2.39. The summed E-state index contributed by atoms with van der Waals surface area (Å²) in [6.45, 7) is 8.35. The molecule has 7 nitrogen and oxygen atoms in total. The smallest absolute Gasteiger partial charge is 0.253 e. The Balaban J connectivity index is 1.30. The Labute approximate surface area is 199 Å². The van der Waals surface area contributed by atoms with E-state index in [9.17, 15) is 9.59 Å². The van der Waals surface area contributed by atoms with Gasteiger partial charge in [0.15, 0.2) is 0 Å². The van der Waals surface area contributed by atoms with Crippen molar-refractivity contribution in [2.75, 3.05) is 26.2 Å². The van der Waals surface area contributed by atoms with Crippen LogP contribution in [-0.2, 0) is 4.79 Å². The summed E-state index contributed by atoms with van der Waals surface area (Å²) in [6.07, 6.45) is 0. The van der Waals surface area contributed by atoms with Gasteiger partial charge in [-0.3, -0.25) is 9.59 Å². The molecule has 0 unspecified atom stereocenters. The van der Waals surface area contributed by atoms with Crippen LogP contribution in [0.5, 0.6) is 0 Å². The molecule has 2 amide bonds. The molecule has 2 aliphatic rings. The Hall–Kier alpha value is -3.92. The third-order valence-corrected chi connectivity index (χ3v) is 7.04. The van der Waals surface area contributed by atoms with Crippen LogP contribution >= 0.6 is 0 Å². The molecule has 2 aromatic carbocycles. The van der Waals surface area contributed by atoms with Crippen LogP contribution in [0.4, 0.5) is 0 Å². The van der Waals surface area contributed by atoms with Gasteiger partial charge in [0, 0.05) is 55.8 Å². The molecule has 3 heterocycles. The number of aromatic amines is 1. The molecule has 0 radical (unpaired) electrons. The number of imidazole rings is 1. The minimum atomic E-state index is 0.0238. The summed E-state index contributed by atoms with van der Waals surface area (Å²) < 4.78 is 0. The van der Waals surface area contributed by atoms with Crippen LogP contribution in [0.1, 0.15) is 57.3 Å². The van der Waals surface area contributed by atoms with E-state index in [1.807, 2.05) is 66.1 Å². The second-order valence-electron chi connectivity index (χ2n) is 9.39. The molecular weight excluding hydrogens is 426 g/mol. The molecule has 5 rings (SSSR count). The van der Waals surface area contributed by atoms with Gasteiger partial charge in [0.05, 0.1) is 23.2 Å². The summed E-state index contributed by atoms with van der Waals surface area (Å²) in [5.41, 5.74) is 6.32. The molecule has 1 N–H and O–H groups in total. The highest BCUT2D eigenvalue weighted by Gasteiger charge is 2.34. The van der Waals surface area contributed by atoms with Gasteiger partial charge in [-0.2, -0.15) is 5.26 Å². The van der Waals surface area contributed by atoms with Crippen molar-refractivity contribution in [1.82, 2.24) is 19.8 Å². The summed E-state index contributed by atoms with van der Waals surface area (Å²) >= 11 is 0. The van der Waals surface area contributed by atoms with Crippen LogP contribution in [0.15, 0.2) is 42.5 Å². The topological polar surface area (TPSA) is 93.1 Å². The first-order chi connectivity index (χ1) is 16.3. The average Bonchev–Trinajstić information content (AvgIpc) is 3.12. The number of aryl methyl sites for hydroxylation is 2. The van der Waals surface area contributed by atoms with Crippen molar-refractivity contribution in [3.05, 3.63) is 76.2 Å². The van der Waals surface area contributed by atoms with Gasteiger partial charge < -0.3 is 14.8 Å². The predicted octanol–water partition coefficient (Wildman–Crippen LogP) is 3.75. The third-order valence-electron chi connectivity index (χ3n) is 7.04. The van der Waals surface area contributed by atoms with Crippen molar-refractivity contribution < 1.29 is 9.59 Å². The number of nitriles is 1. The molecule has 3 aromatic rings. The standard InChI is InChI=1S/C27H27N5O2/c1-16-4-7-21(27(34)32-12-22(13-32)20-8-5-19(11-28)6-9-20)10-24(16)25-17(2)29-26(30-25)23-14-31(15-23)18(3)33/h4-10,22-23H,12-15H2,1-3H3,(H,29,30). The Morgan fingerprint density at radius 3 is 2.32 bits per heavy atom. The number of aromatic nitrogens is 2. The molecule has 34 heavy (non-hydrogen) atoms. The van der Waals surface area contributed by atoms with E-state index in [0.717, 1.165) is 33.9 Å². The first-order valence-corrected chi connectivity index (χ1v) is 11.6. The normalized spacial score (nSPS) is 16.1. The van der Waals surface area contributed by atoms with Gasteiger partial charge in [-0.05, 0) is 49.2 Å². The van der Waals surface area contributed by atoms with E-state index in [0.29, 0.717) is 43.2 Å². The number of nitrogens with one attached hydrogen (secondary N) is 1. The summed E-state index contributed by atoms with van der Waals surface area (Å²) in [4.78, 5) is 36.6. The Bertz CT molecular complexity index is 1310. The number of hydrogen-bond donors (Lipinski definition) is 1. The number of H-pyrrole nitrogens is 1. The fraction of sp³-hybridized carbons (Fsp3) is 0.333. The highest BCUT2D eigenvalue weighted by atomic mass is 16.2. The van der Waals surface area contributed by atoms with Gasteiger partial charge in [0.2, 0.25) is 5.91 Å². The zero-order valence-corrected chi connectivity index (χ0v) is 19.6. The molecule has 0 aliphatic carbocycles. The molecule has 7 heteroatoms. The molecule has 2 fully saturated rings. The quantitative estimate of drug-likeness (QED) is 0.651. The number of hydrogen-bond acceptors (Lipinski definition) is 4. The lowest BCUT2D eigenvalue weighted by molar-refractivity contribution is -0.133. The summed E-state index contributed by atoms with van der Waals surface area (Å²) in [5.74, 6) is 1.54. The predicted molar refractivity (Wildman–Crippen MR) is 128 cm³/mol. The molecule has 0 saturated carbocycles. The van der Waals surface area contributed by atoms with Gasteiger partial charge in [0.25, 0.3) is 5.91 Å². The van der Waals surface area contributed by atoms with Crippen LogP contribution in [0.2, 0.25) is 0 Å². The largest absolute Gasteiger partial charge is 0.345 e. The SMILES string of the molecule is CC(=O)N1CC(c2nc(-c3cc(C(=O)N4CC(c5ccc(C#N)cc5)C4)ccc3C)c(C)[nH]2)C1. The van der Waals surface area contributed by atoms with E-state index in [1.54, 1.807) is 6.92 Å². The van der Waals surface area contributed by atoms with E-state index in [-0.39, 0.29) is 17.7 Å².